The molecule has 0 aromatic carbocycles. The summed E-state index contributed by atoms with van der Waals surface area (Å²) in [6.07, 6.45) is 53.7. The molecule has 0 fully saturated rings. The van der Waals surface area contributed by atoms with Crippen LogP contribution < -0.4 is 0 Å². The Bertz CT molecular complexity index is 935. The first-order valence-electron chi connectivity index (χ1n) is 27.9. The van der Waals surface area contributed by atoms with Crippen molar-refractivity contribution in [3.63, 3.8) is 0 Å². The molecular weight excluding hydrogens is 769 g/mol. The van der Waals surface area contributed by atoms with Crippen molar-refractivity contribution in [1.29, 1.82) is 0 Å². The van der Waals surface area contributed by atoms with Gasteiger partial charge in [0.25, 0.3) is 0 Å². The van der Waals surface area contributed by atoms with E-state index < -0.39 is 6.10 Å². The van der Waals surface area contributed by atoms with Gasteiger partial charge in [-0.05, 0) is 25.2 Å². The summed E-state index contributed by atoms with van der Waals surface area (Å²) in [4.78, 5) is 38.0. The maximum Gasteiger partial charge on any atom is 0.306 e. The van der Waals surface area contributed by atoms with Gasteiger partial charge in [-0.1, -0.05) is 278 Å². The highest BCUT2D eigenvalue weighted by molar-refractivity contribution is 5.71. The number of unbranched alkanes of at least 4 members (excludes halogenated alkanes) is 37. The van der Waals surface area contributed by atoms with Crippen LogP contribution in [0.5, 0.6) is 0 Å². The lowest BCUT2D eigenvalue weighted by Gasteiger charge is -2.18. The van der Waals surface area contributed by atoms with Crippen molar-refractivity contribution < 1.29 is 28.6 Å². The molecule has 0 radical (unpaired) electrons. The number of esters is 3. The van der Waals surface area contributed by atoms with E-state index in [0.29, 0.717) is 19.3 Å². The van der Waals surface area contributed by atoms with Gasteiger partial charge in [0.2, 0.25) is 0 Å². The molecule has 1 unspecified atom stereocenters. The minimum atomic E-state index is -0.762. The van der Waals surface area contributed by atoms with Crippen molar-refractivity contribution in [2.45, 2.75) is 323 Å². The zero-order valence-corrected chi connectivity index (χ0v) is 42.3. The quantitative estimate of drug-likeness (QED) is 0.0344. The Labute approximate surface area is 387 Å². The molecule has 0 N–H and O–H groups in total. The standard InChI is InChI=1S/C56H108O6/c1-5-8-10-12-14-16-18-20-21-22-23-24-25-27-29-31-36-40-44-48-55(58)61-51-53(62-56(59)49-45-41-37-33-32-34-38-42-46-52(4)7-3)50-60-54(57)47-43-39-35-30-28-26-19-17-15-13-11-9-6-2/h52-53H,5-51H2,1-4H3/t52?,53-/m0/s1. The van der Waals surface area contributed by atoms with Gasteiger partial charge in [-0.15, -0.1) is 0 Å². The largest absolute Gasteiger partial charge is 0.462 e. The molecule has 0 rings (SSSR count). The first-order chi connectivity index (χ1) is 30.4. The van der Waals surface area contributed by atoms with E-state index in [-0.39, 0.29) is 31.1 Å². The first kappa shape index (κ1) is 60.4. The molecule has 0 saturated heterocycles. The summed E-state index contributed by atoms with van der Waals surface area (Å²) in [6.45, 7) is 9.05. The normalized spacial score (nSPS) is 12.4. The van der Waals surface area contributed by atoms with E-state index in [9.17, 15) is 14.4 Å². The highest BCUT2D eigenvalue weighted by atomic mass is 16.6. The zero-order valence-electron chi connectivity index (χ0n) is 42.3. The van der Waals surface area contributed by atoms with E-state index >= 15 is 0 Å². The van der Waals surface area contributed by atoms with E-state index in [0.717, 1.165) is 63.7 Å². The van der Waals surface area contributed by atoms with Gasteiger partial charge in [0, 0.05) is 19.3 Å². The molecule has 6 nitrogen and oxygen atoms in total. The van der Waals surface area contributed by atoms with E-state index in [1.54, 1.807) is 0 Å². The molecule has 2 atom stereocenters. The fourth-order valence-electron chi connectivity index (χ4n) is 8.54. The average Bonchev–Trinajstić information content (AvgIpc) is 3.27. The van der Waals surface area contributed by atoms with Crippen LogP contribution in [0, 0.1) is 5.92 Å². The molecule has 62 heavy (non-hydrogen) atoms. The number of hydrogen-bond acceptors (Lipinski definition) is 6. The Kier molecular flexibility index (Phi) is 49.1. The number of carbonyl (C=O) groups is 3. The Morgan fingerprint density at radius 3 is 0.839 bits per heavy atom. The summed E-state index contributed by atoms with van der Waals surface area (Å²) in [5.74, 6) is 0.00337. The summed E-state index contributed by atoms with van der Waals surface area (Å²) in [5.41, 5.74) is 0. The van der Waals surface area contributed by atoms with Crippen LogP contribution >= 0.6 is 0 Å². The van der Waals surface area contributed by atoms with Crippen LogP contribution in [0.25, 0.3) is 0 Å². The number of carbonyl (C=O) groups excluding carboxylic acids is 3. The van der Waals surface area contributed by atoms with Gasteiger partial charge in [0.15, 0.2) is 6.10 Å². The van der Waals surface area contributed by atoms with Crippen LogP contribution in [0.3, 0.4) is 0 Å². The van der Waals surface area contributed by atoms with Gasteiger partial charge in [-0.3, -0.25) is 14.4 Å². The minimum absolute atomic E-state index is 0.0627. The second-order valence-corrected chi connectivity index (χ2v) is 19.5. The lowest BCUT2D eigenvalue weighted by Crippen LogP contribution is -2.30. The molecule has 0 aliphatic carbocycles. The summed E-state index contributed by atoms with van der Waals surface area (Å²) >= 11 is 0. The fourth-order valence-corrected chi connectivity index (χ4v) is 8.54. The minimum Gasteiger partial charge on any atom is -0.462 e. The molecule has 0 bridgehead atoms. The molecule has 0 heterocycles. The fraction of sp³-hybridized carbons (Fsp3) is 0.946. The molecule has 0 amide bonds. The van der Waals surface area contributed by atoms with Crippen molar-refractivity contribution in [2.75, 3.05) is 13.2 Å². The lowest BCUT2D eigenvalue weighted by atomic mass is 9.99. The van der Waals surface area contributed by atoms with Crippen molar-refractivity contribution in [1.82, 2.24) is 0 Å². The Hall–Kier alpha value is -1.59. The van der Waals surface area contributed by atoms with Gasteiger partial charge >= 0.3 is 17.9 Å². The monoisotopic (exact) mass is 877 g/mol. The third-order valence-electron chi connectivity index (χ3n) is 13.2. The predicted molar refractivity (Wildman–Crippen MR) is 266 cm³/mol. The number of hydrogen-bond donors (Lipinski definition) is 0. The SMILES string of the molecule is CCCCCCCCCCCCCCCCCCCCCC(=O)OC[C@H](COC(=O)CCCCCCCCCCCCCCC)OC(=O)CCCCCCCCCCC(C)CC. The second kappa shape index (κ2) is 50.4. The van der Waals surface area contributed by atoms with Gasteiger partial charge in [0.05, 0.1) is 0 Å². The van der Waals surface area contributed by atoms with E-state index in [4.69, 9.17) is 14.2 Å². The smallest absolute Gasteiger partial charge is 0.306 e. The molecule has 0 spiro atoms. The number of rotatable bonds is 51. The van der Waals surface area contributed by atoms with Crippen LogP contribution in [0.2, 0.25) is 0 Å². The average molecular weight is 877 g/mol. The molecular formula is C56H108O6. The van der Waals surface area contributed by atoms with Crippen molar-refractivity contribution in [3.8, 4) is 0 Å². The maximum atomic E-state index is 12.8. The molecule has 0 aromatic rings. The van der Waals surface area contributed by atoms with Crippen molar-refractivity contribution in [3.05, 3.63) is 0 Å². The number of ether oxygens (including phenoxy) is 3. The zero-order chi connectivity index (χ0) is 45.2. The Balaban J connectivity index is 4.25. The first-order valence-corrected chi connectivity index (χ1v) is 27.9. The summed E-state index contributed by atoms with van der Waals surface area (Å²) in [5, 5.41) is 0. The molecule has 368 valence electrons. The summed E-state index contributed by atoms with van der Waals surface area (Å²) in [6, 6.07) is 0. The molecule has 0 aliphatic heterocycles. The van der Waals surface area contributed by atoms with E-state index in [1.807, 2.05) is 0 Å². The van der Waals surface area contributed by atoms with Gasteiger partial charge in [-0.2, -0.15) is 0 Å². The molecule has 0 saturated carbocycles. The van der Waals surface area contributed by atoms with Crippen LogP contribution in [0.1, 0.15) is 317 Å². The highest BCUT2D eigenvalue weighted by Gasteiger charge is 2.19. The van der Waals surface area contributed by atoms with E-state index in [2.05, 4.69) is 27.7 Å². The maximum absolute atomic E-state index is 12.8. The second-order valence-electron chi connectivity index (χ2n) is 19.5. The third kappa shape index (κ3) is 47.9. The topological polar surface area (TPSA) is 78.9 Å². The summed E-state index contributed by atoms with van der Waals surface area (Å²) in [7, 11) is 0. The van der Waals surface area contributed by atoms with Crippen molar-refractivity contribution >= 4 is 17.9 Å². The van der Waals surface area contributed by atoms with Crippen LogP contribution in [-0.4, -0.2) is 37.2 Å². The predicted octanol–water partition coefficient (Wildman–Crippen LogP) is 18.2. The van der Waals surface area contributed by atoms with Gasteiger partial charge in [0.1, 0.15) is 13.2 Å². The molecule has 6 heteroatoms. The highest BCUT2D eigenvalue weighted by Crippen LogP contribution is 2.18. The van der Waals surface area contributed by atoms with Crippen LogP contribution in [0.15, 0.2) is 0 Å². The Morgan fingerprint density at radius 2 is 0.565 bits per heavy atom. The van der Waals surface area contributed by atoms with Crippen molar-refractivity contribution in [2.24, 2.45) is 5.92 Å². The third-order valence-corrected chi connectivity index (χ3v) is 13.2. The molecule has 0 aliphatic rings. The lowest BCUT2D eigenvalue weighted by molar-refractivity contribution is -0.167. The van der Waals surface area contributed by atoms with E-state index in [1.165, 1.54) is 212 Å². The van der Waals surface area contributed by atoms with Gasteiger partial charge in [-0.25, -0.2) is 0 Å². The van der Waals surface area contributed by atoms with Crippen LogP contribution in [-0.2, 0) is 28.6 Å². The van der Waals surface area contributed by atoms with Crippen LogP contribution in [0.4, 0.5) is 0 Å². The molecule has 0 aromatic heterocycles. The summed E-state index contributed by atoms with van der Waals surface area (Å²) < 4.78 is 16.8. The van der Waals surface area contributed by atoms with Gasteiger partial charge < -0.3 is 14.2 Å². The Morgan fingerprint density at radius 1 is 0.323 bits per heavy atom.